The smallest absolute Gasteiger partial charge is 0.0814 e. The van der Waals surface area contributed by atoms with Crippen molar-refractivity contribution in [3.05, 3.63) is 40.7 Å². The Balaban J connectivity index is 2.34. The van der Waals surface area contributed by atoms with Crippen molar-refractivity contribution >= 4 is 27.2 Å². The molecule has 0 amide bonds. The minimum atomic E-state index is 0.807. The fourth-order valence-corrected chi connectivity index (χ4v) is 3.89. The molecule has 114 valence electrons. The summed E-state index contributed by atoms with van der Waals surface area (Å²) >= 11 is 1.82. The van der Waals surface area contributed by atoms with E-state index >= 15 is 0 Å². The zero-order chi connectivity index (χ0) is 15.7. The van der Waals surface area contributed by atoms with Gasteiger partial charge in [0.15, 0.2) is 0 Å². The van der Waals surface area contributed by atoms with Gasteiger partial charge in [0.25, 0.3) is 0 Å². The Morgan fingerprint density at radius 2 is 1.91 bits per heavy atom. The second-order valence-electron chi connectivity index (χ2n) is 5.36. The molecular formula is C18H21N3S. The first-order valence-corrected chi connectivity index (χ1v) is 8.55. The van der Waals surface area contributed by atoms with Crippen LogP contribution in [0, 0.1) is 13.8 Å². The Morgan fingerprint density at radius 1 is 1.09 bits per heavy atom. The molecule has 0 saturated carbocycles. The molecule has 0 atom stereocenters. The number of benzene rings is 2. The lowest BCUT2D eigenvalue weighted by molar-refractivity contribution is 1.05. The highest BCUT2D eigenvalue weighted by Crippen LogP contribution is 2.35. The molecule has 0 spiro atoms. The van der Waals surface area contributed by atoms with Crippen LogP contribution >= 0.6 is 11.3 Å². The summed E-state index contributed by atoms with van der Waals surface area (Å²) in [5, 5.41) is 4.50. The van der Waals surface area contributed by atoms with Crippen molar-refractivity contribution in [2.45, 2.75) is 27.7 Å². The van der Waals surface area contributed by atoms with E-state index in [1.54, 1.807) is 0 Å². The van der Waals surface area contributed by atoms with Crippen molar-refractivity contribution in [1.82, 2.24) is 4.98 Å². The fraction of sp³-hybridized carbons (Fsp3) is 0.333. The lowest BCUT2D eigenvalue weighted by Gasteiger charge is -2.13. The first-order valence-electron chi connectivity index (χ1n) is 7.73. The zero-order valence-corrected chi connectivity index (χ0v) is 14.3. The van der Waals surface area contributed by atoms with Gasteiger partial charge in [0.1, 0.15) is 0 Å². The number of hydrogen-bond acceptors (Lipinski definition) is 4. The molecule has 1 aliphatic carbocycles. The minimum Gasteiger partial charge on any atom is -0.385 e. The number of nitrogens with zero attached hydrogens (tertiary/aromatic N) is 2. The molecule has 0 unspecified atom stereocenters. The third-order valence-electron chi connectivity index (χ3n) is 3.88. The standard InChI is InChI=1S/C18H21N3S/c1-5-19-13-7-9-15-17(11(13)3)22-18-12(4)14(20-6-2)8-10-16(18)21-15/h7-10,19H,5-6H2,1-4H3. The van der Waals surface area contributed by atoms with E-state index in [1.807, 2.05) is 11.3 Å². The van der Waals surface area contributed by atoms with Gasteiger partial charge < -0.3 is 5.32 Å². The normalized spacial score (nSPS) is 12.3. The van der Waals surface area contributed by atoms with Crippen molar-refractivity contribution < 1.29 is 0 Å². The maximum absolute atomic E-state index is 4.84. The maximum atomic E-state index is 4.84. The molecule has 3 nitrogen and oxygen atoms in total. The Kier molecular flexibility index (Phi) is 4.12. The number of aromatic nitrogens is 1. The van der Waals surface area contributed by atoms with E-state index in [0.29, 0.717) is 0 Å². The average Bonchev–Trinajstić information content (AvgIpc) is 2.52. The van der Waals surface area contributed by atoms with E-state index in [-0.39, 0.29) is 0 Å². The van der Waals surface area contributed by atoms with Gasteiger partial charge in [0.2, 0.25) is 0 Å². The van der Waals surface area contributed by atoms with Crippen LogP contribution in [0.3, 0.4) is 0 Å². The molecule has 1 aromatic rings. The van der Waals surface area contributed by atoms with Gasteiger partial charge in [-0.15, -0.1) is 11.3 Å². The third-order valence-corrected chi connectivity index (χ3v) is 5.32. The van der Waals surface area contributed by atoms with Crippen molar-refractivity contribution in [2.75, 3.05) is 18.4 Å². The predicted molar refractivity (Wildman–Crippen MR) is 96.0 cm³/mol. The van der Waals surface area contributed by atoms with Crippen molar-refractivity contribution in [3.63, 3.8) is 0 Å². The molecule has 1 aromatic carbocycles. The van der Waals surface area contributed by atoms with Crippen molar-refractivity contribution in [3.8, 4) is 10.6 Å². The molecule has 1 aliphatic heterocycles. The van der Waals surface area contributed by atoms with Crippen LogP contribution in [0.2, 0.25) is 0 Å². The van der Waals surface area contributed by atoms with Gasteiger partial charge in [0.05, 0.1) is 26.1 Å². The summed E-state index contributed by atoms with van der Waals surface area (Å²) < 4.78 is 1.25. The Hall–Kier alpha value is -1.94. The lowest BCUT2D eigenvalue weighted by atomic mass is 10.1. The van der Waals surface area contributed by atoms with Gasteiger partial charge in [-0.1, -0.05) is 0 Å². The molecule has 1 heterocycles. The Labute approximate surface area is 135 Å². The Morgan fingerprint density at radius 3 is 2.64 bits per heavy atom. The molecule has 0 fully saturated rings. The number of fused-ring (bicyclic) bond motifs is 2. The lowest BCUT2D eigenvalue weighted by Crippen LogP contribution is -2.09. The van der Waals surface area contributed by atoms with E-state index in [2.05, 4.69) is 62.3 Å². The summed E-state index contributed by atoms with van der Waals surface area (Å²) in [5.74, 6) is 0. The van der Waals surface area contributed by atoms with Crippen LogP contribution in [-0.4, -0.2) is 18.1 Å². The summed E-state index contributed by atoms with van der Waals surface area (Å²) in [7, 11) is 0. The summed E-state index contributed by atoms with van der Waals surface area (Å²) in [6, 6.07) is 8.39. The van der Waals surface area contributed by atoms with Gasteiger partial charge in [-0.05, 0) is 63.1 Å². The van der Waals surface area contributed by atoms with Gasteiger partial charge >= 0.3 is 0 Å². The average molecular weight is 311 g/mol. The summed E-state index contributed by atoms with van der Waals surface area (Å²) in [6.07, 6.45) is 0. The quantitative estimate of drug-likeness (QED) is 0.729. The molecule has 0 bridgehead atoms. The van der Waals surface area contributed by atoms with Crippen LogP contribution in [-0.2, 0) is 0 Å². The fourth-order valence-electron chi connectivity index (χ4n) is 2.73. The maximum Gasteiger partial charge on any atom is 0.0814 e. The van der Waals surface area contributed by atoms with Crippen LogP contribution in [0.4, 0.5) is 5.69 Å². The molecular weight excluding hydrogens is 290 g/mol. The topological polar surface area (TPSA) is 37.3 Å². The van der Waals surface area contributed by atoms with Gasteiger partial charge in [-0.2, -0.15) is 0 Å². The molecule has 1 N–H and O–H groups in total. The second-order valence-corrected chi connectivity index (χ2v) is 6.38. The van der Waals surface area contributed by atoms with Crippen LogP contribution in [0.25, 0.3) is 20.8 Å². The summed E-state index contributed by atoms with van der Waals surface area (Å²) in [4.78, 5) is 10.7. The van der Waals surface area contributed by atoms with Crippen LogP contribution in [0.5, 0.6) is 0 Å². The highest BCUT2D eigenvalue weighted by atomic mass is 32.1. The van der Waals surface area contributed by atoms with Crippen LogP contribution in [0.15, 0.2) is 29.3 Å². The molecule has 3 rings (SSSR count). The summed E-state index contributed by atoms with van der Waals surface area (Å²) in [5.41, 5.74) is 5.82. The van der Waals surface area contributed by atoms with Crippen molar-refractivity contribution in [1.29, 1.82) is 0 Å². The third kappa shape index (κ3) is 2.48. The molecule has 0 aromatic heterocycles. The van der Waals surface area contributed by atoms with E-state index in [9.17, 15) is 0 Å². The predicted octanol–water partition coefficient (Wildman–Crippen LogP) is 4.37. The highest BCUT2D eigenvalue weighted by molar-refractivity contribution is 7.21. The monoisotopic (exact) mass is 311 g/mol. The number of aryl methyl sites for hydroxylation is 1. The highest BCUT2D eigenvalue weighted by Gasteiger charge is 2.13. The summed E-state index contributed by atoms with van der Waals surface area (Å²) in [6.45, 7) is 10.2. The molecule has 4 heteroatoms. The van der Waals surface area contributed by atoms with Crippen LogP contribution < -0.4 is 10.7 Å². The van der Waals surface area contributed by atoms with Gasteiger partial charge in [-0.3, -0.25) is 4.99 Å². The van der Waals surface area contributed by atoms with Crippen LogP contribution in [0.1, 0.15) is 25.0 Å². The zero-order valence-electron chi connectivity index (χ0n) is 13.5. The SMILES string of the molecule is CCN=c1ccc2nc3ccc(NCC)c(C)c3sc-2c1C. The molecule has 2 aliphatic rings. The molecule has 22 heavy (non-hydrogen) atoms. The first kappa shape index (κ1) is 15.0. The second kappa shape index (κ2) is 6.05. The Bertz CT molecular complexity index is 864. The van der Waals surface area contributed by atoms with E-state index in [1.165, 1.54) is 26.4 Å². The molecule has 0 radical (unpaired) electrons. The van der Waals surface area contributed by atoms with E-state index in [0.717, 1.165) is 29.7 Å². The number of hydrogen-bond donors (Lipinski definition) is 1. The van der Waals surface area contributed by atoms with Gasteiger partial charge in [-0.25, -0.2) is 4.98 Å². The number of rotatable bonds is 3. The van der Waals surface area contributed by atoms with Crippen molar-refractivity contribution in [2.24, 2.45) is 4.99 Å². The number of nitrogens with one attached hydrogen (secondary N) is 1. The largest absolute Gasteiger partial charge is 0.385 e. The number of anilines is 1. The van der Waals surface area contributed by atoms with Gasteiger partial charge in [0, 0.05) is 18.8 Å². The van der Waals surface area contributed by atoms with E-state index in [4.69, 9.17) is 4.98 Å². The van der Waals surface area contributed by atoms with E-state index < -0.39 is 0 Å². The minimum absolute atomic E-state index is 0.807. The molecule has 0 saturated heterocycles. The first-order chi connectivity index (χ1) is 10.7.